The van der Waals surface area contributed by atoms with Gasteiger partial charge in [0, 0.05) is 12.5 Å². The predicted octanol–water partition coefficient (Wildman–Crippen LogP) is 4.40. The predicted molar refractivity (Wildman–Crippen MR) is 69.5 cm³/mol. The molecule has 0 aliphatic heterocycles. The number of aromatic nitrogens is 2. The standard InChI is InChI=1S/C12H8BrClF2N2/c1-2-10-17-8(5-9(14)18-10)11-7(15)4-3-6(13)12(11)16/h3-5H,2H2,1H3. The highest BCUT2D eigenvalue weighted by Gasteiger charge is 2.17. The van der Waals surface area contributed by atoms with Crippen LogP contribution in [0.4, 0.5) is 8.78 Å². The Morgan fingerprint density at radius 2 is 2.00 bits per heavy atom. The van der Waals surface area contributed by atoms with Gasteiger partial charge in [-0.15, -0.1) is 0 Å². The fourth-order valence-corrected chi connectivity index (χ4v) is 2.04. The lowest BCUT2D eigenvalue weighted by molar-refractivity contribution is 0.584. The summed E-state index contributed by atoms with van der Waals surface area (Å²) >= 11 is 8.83. The largest absolute Gasteiger partial charge is 0.233 e. The van der Waals surface area contributed by atoms with Gasteiger partial charge in [-0.3, -0.25) is 0 Å². The van der Waals surface area contributed by atoms with Gasteiger partial charge in [-0.2, -0.15) is 0 Å². The van der Waals surface area contributed by atoms with Crippen LogP contribution in [0.2, 0.25) is 5.15 Å². The Hall–Kier alpha value is -1.07. The maximum atomic E-state index is 13.9. The van der Waals surface area contributed by atoms with Crippen molar-refractivity contribution in [2.45, 2.75) is 13.3 Å². The van der Waals surface area contributed by atoms with Gasteiger partial charge in [-0.1, -0.05) is 18.5 Å². The highest BCUT2D eigenvalue weighted by molar-refractivity contribution is 9.10. The quantitative estimate of drug-likeness (QED) is 0.601. The minimum absolute atomic E-state index is 0.142. The molecule has 94 valence electrons. The zero-order valence-corrected chi connectivity index (χ0v) is 11.7. The van der Waals surface area contributed by atoms with Gasteiger partial charge in [-0.05, 0) is 28.1 Å². The minimum atomic E-state index is -0.702. The number of hydrogen-bond acceptors (Lipinski definition) is 2. The van der Waals surface area contributed by atoms with Gasteiger partial charge in [-0.25, -0.2) is 18.7 Å². The van der Waals surface area contributed by atoms with Crippen LogP contribution in [0.25, 0.3) is 11.3 Å². The molecule has 0 amide bonds. The topological polar surface area (TPSA) is 25.8 Å². The van der Waals surface area contributed by atoms with E-state index in [4.69, 9.17) is 11.6 Å². The van der Waals surface area contributed by atoms with Crippen LogP contribution in [0.15, 0.2) is 22.7 Å². The van der Waals surface area contributed by atoms with Gasteiger partial charge in [0.2, 0.25) is 0 Å². The number of hydrogen-bond donors (Lipinski definition) is 0. The van der Waals surface area contributed by atoms with Crippen LogP contribution < -0.4 is 0 Å². The average Bonchev–Trinajstić information content (AvgIpc) is 2.34. The fourth-order valence-electron chi connectivity index (χ4n) is 1.51. The number of benzene rings is 1. The molecule has 2 aromatic rings. The van der Waals surface area contributed by atoms with Gasteiger partial charge in [0.15, 0.2) is 0 Å². The molecule has 0 saturated heterocycles. The van der Waals surface area contributed by atoms with E-state index in [1.54, 1.807) is 0 Å². The van der Waals surface area contributed by atoms with Gasteiger partial charge in [0.1, 0.15) is 22.6 Å². The van der Waals surface area contributed by atoms with Crippen LogP contribution in [0.5, 0.6) is 0 Å². The van der Waals surface area contributed by atoms with Gasteiger partial charge in [0.25, 0.3) is 0 Å². The smallest absolute Gasteiger partial charge is 0.149 e. The molecule has 6 heteroatoms. The lowest BCUT2D eigenvalue weighted by Crippen LogP contribution is -1.99. The van der Waals surface area contributed by atoms with E-state index < -0.39 is 11.6 Å². The molecule has 0 spiro atoms. The highest BCUT2D eigenvalue weighted by Crippen LogP contribution is 2.30. The van der Waals surface area contributed by atoms with E-state index in [-0.39, 0.29) is 20.9 Å². The maximum Gasteiger partial charge on any atom is 0.149 e. The summed E-state index contributed by atoms with van der Waals surface area (Å²) in [6, 6.07) is 3.82. The molecule has 0 saturated carbocycles. The summed E-state index contributed by atoms with van der Waals surface area (Å²) in [5.41, 5.74) is -0.0634. The lowest BCUT2D eigenvalue weighted by atomic mass is 10.1. The maximum absolute atomic E-state index is 13.9. The summed E-state index contributed by atoms with van der Waals surface area (Å²) in [6.07, 6.45) is 0.533. The average molecular weight is 334 g/mol. The van der Waals surface area contributed by atoms with Crippen LogP contribution in [0.1, 0.15) is 12.7 Å². The first-order valence-corrected chi connectivity index (χ1v) is 6.37. The molecule has 18 heavy (non-hydrogen) atoms. The van der Waals surface area contributed by atoms with Crippen LogP contribution in [-0.4, -0.2) is 9.97 Å². The third-order valence-corrected chi connectivity index (χ3v) is 3.16. The second kappa shape index (κ2) is 5.28. The molecule has 1 heterocycles. The summed E-state index contributed by atoms with van der Waals surface area (Å²) in [4.78, 5) is 8.05. The van der Waals surface area contributed by atoms with E-state index in [1.165, 1.54) is 18.2 Å². The van der Waals surface area contributed by atoms with Crippen molar-refractivity contribution in [1.82, 2.24) is 9.97 Å². The molecule has 0 fully saturated rings. The van der Waals surface area contributed by atoms with Crippen LogP contribution in [-0.2, 0) is 6.42 Å². The van der Waals surface area contributed by atoms with E-state index >= 15 is 0 Å². The first-order valence-electron chi connectivity index (χ1n) is 5.20. The molecule has 0 radical (unpaired) electrons. The van der Waals surface area contributed by atoms with Gasteiger partial charge in [0.05, 0.1) is 15.7 Å². The highest BCUT2D eigenvalue weighted by atomic mass is 79.9. The monoisotopic (exact) mass is 332 g/mol. The normalized spacial score (nSPS) is 10.7. The summed E-state index contributed by atoms with van der Waals surface area (Å²) < 4.78 is 27.8. The number of aryl methyl sites for hydroxylation is 1. The summed E-state index contributed by atoms with van der Waals surface area (Å²) in [6.45, 7) is 1.84. The summed E-state index contributed by atoms with van der Waals surface area (Å²) in [7, 11) is 0. The van der Waals surface area contributed by atoms with Crippen LogP contribution >= 0.6 is 27.5 Å². The molecule has 0 aliphatic rings. The Kier molecular flexibility index (Phi) is 3.92. The van der Waals surface area contributed by atoms with Crippen LogP contribution in [0, 0.1) is 11.6 Å². The third kappa shape index (κ3) is 2.52. The van der Waals surface area contributed by atoms with E-state index in [2.05, 4.69) is 25.9 Å². The van der Waals surface area contributed by atoms with Crippen molar-refractivity contribution in [3.63, 3.8) is 0 Å². The van der Waals surface area contributed by atoms with Crippen molar-refractivity contribution in [1.29, 1.82) is 0 Å². The Labute approximate surface area is 116 Å². The first-order chi connectivity index (χ1) is 8.52. The molecule has 2 rings (SSSR count). The Morgan fingerprint density at radius 1 is 1.28 bits per heavy atom. The molecule has 0 bridgehead atoms. The Bertz CT molecular complexity index is 605. The molecule has 0 atom stereocenters. The summed E-state index contributed by atoms with van der Waals surface area (Å²) in [5, 5.41) is 0.163. The molecular weight excluding hydrogens is 325 g/mol. The third-order valence-electron chi connectivity index (χ3n) is 2.36. The SMILES string of the molecule is CCc1nc(Cl)cc(-c2c(F)ccc(Br)c2F)n1. The van der Waals surface area contributed by atoms with Crippen molar-refractivity contribution in [3.8, 4) is 11.3 Å². The molecule has 1 aromatic carbocycles. The molecule has 2 nitrogen and oxygen atoms in total. The molecule has 0 N–H and O–H groups in total. The lowest BCUT2D eigenvalue weighted by Gasteiger charge is -2.07. The van der Waals surface area contributed by atoms with E-state index in [9.17, 15) is 8.78 Å². The number of nitrogens with zero attached hydrogens (tertiary/aromatic N) is 2. The Morgan fingerprint density at radius 3 is 2.67 bits per heavy atom. The van der Waals surface area contributed by atoms with Crippen LogP contribution in [0.3, 0.4) is 0 Å². The second-order valence-corrected chi connectivity index (χ2v) is 4.81. The molecule has 1 aromatic heterocycles. The molecule has 0 aliphatic carbocycles. The van der Waals surface area contributed by atoms with E-state index in [0.717, 1.165) is 0 Å². The molecular formula is C12H8BrClF2N2. The van der Waals surface area contributed by atoms with Crippen molar-refractivity contribution in [2.24, 2.45) is 0 Å². The molecule has 0 unspecified atom stereocenters. The zero-order chi connectivity index (χ0) is 13.3. The fraction of sp³-hybridized carbons (Fsp3) is 0.167. The van der Waals surface area contributed by atoms with Crippen molar-refractivity contribution in [3.05, 3.63) is 45.3 Å². The first kappa shape index (κ1) is 13.4. The zero-order valence-electron chi connectivity index (χ0n) is 9.35. The minimum Gasteiger partial charge on any atom is -0.233 e. The Balaban J connectivity index is 2.69. The number of rotatable bonds is 2. The summed E-state index contributed by atoms with van der Waals surface area (Å²) in [5.74, 6) is -0.949. The van der Waals surface area contributed by atoms with E-state index in [0.29, 0.717) is 12.2 Å². The van der Waals surface area contributed by atoms with Gasteiger partial charge >= 0.3 is 0 Å². The van der Waals surface area contributed by atoms with Crippen molar-refractivity contribution < 1.29 is 8.78 Å². The second-order valence-electron chi connectivity index (χ2n) is 3.56. The van der Waals surface area contributed by atoms with Crippen molar-refractivity contribution in [2.75, 3.05) is 0 Å². The number of halogens is 4. The van der Waals surface area contributed by atoms with E-state index in [1.807, 2.05) is 6.92 Å². The van der Waals surface area contributed by atoms with Crippen molar-refractivity contribution >= 4 is 27.5 Å². The van der Waals surface area contributed by atoms with Gasteiger partial charge < -0.3 is 0 Å².